The van der Waals surface area contributed by atoms with Gasteiger partial charge in [-0.3, -0.25) is 19.3 Å². The summed E-state index contributed by atoms with van der Waals surface area (Å²) in [4.78, 5) is 41.8. The van der Waals surface area contributed by atoms with E-state index in [1.807, 2.05) is 38.1 Å². The van der Waals surface area contributed by atoms with E-state index in [0.29, 0.717) is 12.8 Å². The summed E-state index contributed by atoms with van der Waals surface area (Å²) < 4.78 is 0. The first kappa shape index (κ1) is 28.8. The summed E-state index contributed by atoms with van der Waals surface area (Å²) in [5.41, 5.74) is 1.29. The van der Waals surface area contributed by atoms with Crippen molar-refractivity contribution in [3.63, 3.8) is 0 Å². The summed E-state index contributed by atoms with van der Waals surface area (Å²) in [7, 11) is 0. The Labute approximate surface area is 228 Å². The van der Waals surface area contributed by atoms with Crippen LogP contribution in [0.15, 0.2) is 24.3 Å². The number of carbonyl (C=O) groups is 3. The minimum atomic E-state index is -0.776. The van der Waals surface area contributed by atoms with Crippen LogP contribution in [0.2, 0.25) is 0 Å². The third-order valence-electron chi connectivity index (χ3n) is 9.28. The number of anilines is 1. The molecule has 1 saturated carbocycles. The van der Waals surface area contributed by atoms with E-state index in [1.165, 1.54) is 6.42 Å². The van der Waals surface area contributed by atoms with E-state index >= 15 is 0 Å². The zero-order valence-corrected chi connectivity index (χ0v) is 23.5. The van der Waals surface area contributed by atoms with Gasteiger partial charge in [-0.15, -0.1) is 0 Å². The third kappa shape index (κ3) is 6.31. The highest BCUT2D eigenvalue weighted by atomic mass is 16.3. The Morgan fingerprint density at radius 1 is 1.11 bits per heavy atom. The molecule has 3 aliphatic rings. The highest BCUT2D eigenvalue weighted by Gasteiger charge is 2.56. The number of amides is 2. The van der Waals surface area contributed by atoms with Gasteiger partial charge in [0.15, 0.2) is 5.78 Å². The quantitative estimate of drug-likeness (QED) is 0.435. The highest BCUT2D eigenvalue weighted by Crippen LogP contribution is 2.46. The Kier molecular flexibility index (Phi) is 9.64. The predicted octanol–water partition coefficient (Wildman–Crippen LogP) is 4.68. The van der Waals surface area contributed by atoms with Crippen molar-refractivity contribution in [3.05, 3.63) is 29.8 Å². The van der Waals surface area contributed by atoms with Crippen LogP contribution in [0.5, 0.6) is 0 Å². The van der Waals surface area contributed by atoms with Crippen LogP contribution in [-0.2, 0) is 20.9 Å². The highest BCUT2D eigenvalue weighted by molar-refractivity contribution is 6.01. The Balaban J connectivity index is 1.40. The first-order valence-electron chi connectivity index (χ1n) is 14.9. The summed E-state index contributed by atoms with van der Waals surface area (Å²) in [6.45, 7) is 8.15. The second-order valence-corrected chi connectivity index (χ2v) is 12.2. The standard InChI is InChI=1S/C31H47N3O4/c1-4-5-11-25-28(36)26(27(35)23-9-7-6-8-10-23)33-30(38)31(25)16-18-34(19-17-31)20-22-12-14-24(15-13-22)32-29(37)21(2)3/h12-15,21,23,25-27,35H,4-11,16-20H2,1-3H3,(H,32,37)(H,33,38)/t25?,26-,27-/m1/s1. The number of nitrogens with zero attached hydrogens (tertiary/aromatic N) is 1. The molecule has 7 nitrogen and oxygen atoms in total. The maximum absolute atomic E-state index is 13.8. The van der Waals surface area contributed by atoms with Gasteiger partial charge >= 0.3 is 0 Å². The number of benzene rings is 1. The van der Waals surface area contributed by atoms with Gasteiger partial charge in [0, 0.05) is 24.1 Å². The number of ketones is 1. The summed E-state index contributed by atoms with van der Waals surface area (Å²) >= 11 is 0. The van der Waals surface area contributed by atoms with Crippen molar-refractivity contribution >= 4 is 23.3 Å². The van der Waals surface area contributed by atoms with Gasteiger partial charge in [-0.2, -0.15) is 0 Å². The molecule has 1 spiro atoms. The summed E-state index contributed by atoms with van der Waals surface area (Å²) in [6.07, 6.45) is 8.40. The average Bonchev–Trinajstić information content (AvgIpc) is 2.93. The lowest BCUT2D eigenvalue weighted by molar-refractivity contribution is -0.158. The average molecular weight is 526 g/mol. The molecule has 4 rings (SSSR count). The third-order valence-corrected chi connectivity index (χ3v) is 9.28. The number of piperidine rings is 2. The molecule has 2 aliphatic heterocycles. The largest absolute Gasteiger partial charge is 0.390 e. The van der Waals surface area contributed by atoms with Gasteiger partial charge in [-0.25, -0.2) is 0 Å². The van der Waals surface area contributed by atoms with E-state index < -0.39 is 17.6 Å². The summed E-state index contributed by atoms with van der Waals surface area (Å²) in [5, 5.41) is 17.1. The molecule has 3 atom stereocenters. The van der Waals surface area contributed by atoms with Gasteiger partial charge in [0.2, 0.25) is 11.8 Å². The van der Waals surface area contributed by atoms with Crippen LogP contribution < -0.4 is 10.6 Å². The molecule has 1 aromatic carbocycles. The van der Waals surface area contributed by atoms with E-state index in [0.717, 1.165) is 75.8 Å². The lowest BCUT2D eigenvalue weighted by atomic mass is 9.60. The summed E-state index contributed by atoms with van der Waals surface area (Å²) in [6, 6.07) is 7.20. The number of carbonyl (C=O) groups excluding carboxylic acids is 3. The molecule has 210 valence electrons. The van der Waals surface area contributed by atoms with Crippen molar-refractivity contribution in [3.8, 4) is 0 Å². The molecular formula is C31H47N3O4. The molecule has 0 bridgehead atoms. The zero-order chi connectivity index (χ0) is 27.3. The lowest BCUT2D eigenvalue weighted by Crippen LogP contribution is -2.67. The van der Waals surface area contributed by atoms with Gasteiger partial charge in [-0.1, -0.05) is 65.0 Å². The van der Waals surface area contributed by atoms with Gasteiger partial charge in [-0.05, 0) is 68.8 Å². The smallest absolute Gasteiger partial charge is 0.227 e. The maximum Gasteiger partial charge on any atom is 0.227 e. The molecule has 38 heavy (non-hydrogen) atoms. The predicted molar refractivity (Wildman–Crippen MR) is 149 cm³/mol. The molecule has 3 N–H and O–H groups in total. The fourth-order valence-corrected chi connectivity index (χ4v) is 6.76. The van der Waals surface area contributed by atoms with Crippen molar-refractivity contribution in [2.45, 2.75) is 104 Å². The summed E-state index contributed by atoms with van der Waals surface area (Å²) in [5.74, 6) is -0.237. The molecule has 0 radical (unpaired) electrons. The molecule has 1 unspecified atom stereocenters. The topological polar surface area (TPSA) is 98.7 Å². The molecule has 1 aliphatic carbocycles. The van der Waals surface area contributed by atoms with E-state index in [1.54, 1.807) is 0 Å². The van der Waals surface area contributed by atoms with E-state index in [9.17, 15) is 19.5 Å². The zero-order valence-electron chi connectivity index (χ0n) is 23.5. The fourth-order valence-electron chi connectivity index (χ4n) is 6.76. The van der Waals surface area contributed by atoms with E-state index in [4.69, 9.17) is 0 Å². The van der Waals surface area contributed by atoms with Crippen LogP contribution in [0.25, 0.3) is 0 Å². The first-order chi connectivity index (χ1) is 18.2. The number of hydrogen-bond acceptors (Lipinski definition) is 5. The lowest BCUT2D eigenvalue weighted by Gasteiger charge is -2.50. The maximum atomic E-state index is 13.8. The number of hydrogen-bond donors (Lipinski definition) is 3. The molecule has 2 saturated heterocycles. The van der Waals surface area contributed by atoms with Gasteiger partial charge in [0.25, 0.3) is 0 Å². The van der Waals surface area contributed by atoms with Crippen molar-refractivity contribution in [2.75, 3.05) is 18.4 Å². The van der Waals surface area contributed by atoms with Crippen LogP contribution in [-0.4, -0.2) is 52.8 Å². The molecule has 0 aromatic heterocycles. The number of rotatable bonds is 9. The number of nitrogens with one attached hydrogen (secondary N) is 2. The number of likely N-dealkylation sites (tertiary alicyclic amines) is 1. The van der Waals surface area contributed by atoms with Gasteiger partial charge < -0.3 is 15.7 Å². The van der Waals surface area contributed by atoms with Crippen molar-refractivity contribution < 1.29 is 19.5 Å². The van der Waals surface area contributed by atoms with Gasteiger partial charge in [0.05, 0.1) is 11.5 Å². The van der Waals surface area contributed by atoms with Crippen molar-refractivity contribution in [1.29, 1.82) is 0 Å². The SMILES string of the molecule is CCCCC1C(=O)[C@@H]([C@H](O)C2CCCCC2)NC(=O)C12CCN(Cc1ccc(NC(=O)C(C)C)cc1)CC2. The van der Waals surface area contributed by atoms with E-state index in [2.05, 4.69) is 22.5 Å². The minimum absolute atomic E-state index is 0.00510. The molecule has 3 fully saturated rings. The number of Topliss-reactive ketones (excluding diaryl/α,β-unsaturated/α-hetero) is 1. The second-order valence-electron chi connectivity index (χ2n) is 12.2. The molecular weight excluding hydrogens is 478 g/mol. The molecule has 1 aromatic rings. The van der Waals surface area contributed by atoms with Crippen molar-refractivity contribution in [2.24, 2.45) is 23.2 Å². The Morgan fingerprint density at radius 2 is 1.76 bits per heavy atom. The minimum Gasteiger partial charge on any atom is -0.390 e. The monoisotopic (exact) mass is 525 g/mol. The number of aliphatic hydroxyl groups excluding tert-OH is 1. The van der Waals surface area contributed by atoms with Crippen LogP contribution in [0.3, 0.4) is 0 Å². The van der Waals surface area contributed by atoms with Crippen LogP contribution in [0, 0.1) is 23.2 Å². The van der Waals surface area contributed by atoms with E-state index in [-0.39, 0.29) is 35.4 Å². The normalized spacial score (nSPS) is 25.4. The molecule has 2 heterocycles. The number of unbranched alkanes of at least 4 members (excludes halogenated alkanes) is 1. The Bertz CT molecular complexity index is 962. The Hall–Kier alpha value is -2.25. The van der Waals surface area contributed by atoms with Crippen LogP contribution in [0.4, 0.5) is 5.69 Å². The fraction of sp³-hybridized carbons (Fsp3) is 0.710. The molecule has 2 amide bonds. The second kappa shape index (κ2) is 12.7. The Morgan fingerprint density at radius 3 is 2.37 bits per heavy atom. The number of aliphatic hydroxyl groups is 1. The van der Waals surface area contributed by atoms with Crippen LogP contribution in [0.1, 0.15) is 90.5 Å². The van der Waals surface area contributed by atoms with Crippen molar-refractivity contribution in [1.82, 2.24) is 10.2 Å². The molecule has 7 heteroatoms. The van der Waals surface area contributed by atoms with Crippen LogP contribution >= 0.6 is 0 Å². The first-order valence-corrected chi connectivity index (χ1v) is 14.9. The van der Waals surface area contributed by atoms with Gasteiger partial charge in [0.1, 0.15) is 6.04 Å².